The molecule has 0 aliphatic rings. The maximum absolute atomic E-state index is 11.0. The Labute approximate surface area is 92.6 Å². The monoisotopic (exact) mass is 221 g/mol. The van der Waals surface area contributed by atoms with Gasteiger partial charge in [-0.15, -0.1) is 5.48 Å². The lowest BCUT2D eigenvalue weighted by Crippen LogP contribution is -2.26. The van der Waals surface area contributed by atoms with Crippen LogP contribution in [0.15, 0.2) is 43.0 Å². The fourth-order valence-corrected chi connectivity index (χ4v) is 0.886. The minimum Gasteiger partial charge on any atom is -0.443 e. The van der Waals surface area contributed by atoms with Crippen LogP contribution in [0.3, 0.4) is 0 Å². The molecule has 1 aromatic rings. The summed E-state index contributed by atoms with van der Waals surface area (Å²) in [7, 11) is 0. The molecular formula is C11H11NO4. The smallest absolute Gasteiger partial charge is 0.441 e. The highest BCUT2D eigenvalue weighted by Crippen LogP contribution is 2.00. The van der Waals surface area contributed by atoms with Crippen LogP contribution in [0.25, 0.3) is 0 Å². The first-order valence-corrected chi connectivity index (χ1v) is 4.52. The van der Waals surface area contributed by atoms with Crippen molar-refractivity contribution >= 4 is 12.1 Å². The third-order valence-electron chi connectivity index (χ3n) is 1.61. The van der Waals surface area contributed by atoms with E-state index in [9.17, 15) is 9.59 Å². The van der Waals surface area contributed by atoms with Gasteiger partial charge in [0.2, 0.25) is 0 Å². The zero-order chi connectivity index (χ0) is 11.8. The lowest BCUT2D eigenvalue weighted by Gasteiger charge is -2.05. The van der Waals surface area contributed by atoms with Crippen molar-refractivity contribution in [2.75, 3.05) is 0 Å². The molecule has 16 heavy (non-hydrogen) atoms. The molecule has 0 unspecified atom stereocenters. The minimum absolute atomic E-state index is 0.109. The molecule has 0 aliphatic heterocycles. The molecule has 1 amide bonds. The lowest BCUT2D eigenvalue weighted by atomic mass is 10.2. The predicted octanol–water partition coefficient (Wildman–Crippen LogP) is 1.56. The Morgan fingerprint density at radius 2 is 2.00 bits per heavy atom. The van der Waals surface area contributed by atoms with E-state index in [-0.39, 0.29) is 6.61 Å². The van der Waals surface area contributed by atoms with E-state index in [1.165, 1.54) is 0 Å². The van der Waals surface area contributed by atoms with Crippen LogP contribution < -0.4 is 5.48 Å². The van der Waals surface area contributed by atoms with Crippen molar-refractivity contribution < 1.29 is 19.2 Å². The molecule has 0 radical (unpaired) electrons. The number of rotatable bonds is 3. The second-order valence-electron chi connectivity index (χ2n) is 2.79. The van der Waals surface area contributed by atoms with Gasteiger partial charge in [0.1, 0.15) is 6.61 Å². The summed E-state index contributed by atoms with van der Waals surface area (Å²) in [5.41, 5.74) is 2.66. The summed E-state index contributed by atoms with van der Waals surface area (Å²) in [6.45, 7) is 3.27. The summed E-state index contributed by atoms with van der Waals surface area (Å²) >= 11 is 0. The van der Waals surface area contributed by atoms with E-state index in [1.54, 1.807) is 0 Å². The highest BCUT2D eigenvalue weighted by Gasteiger charge is 2.04. The Bertz CT molecular complexity index is 375. The molecule has 0 aromatic heterocycles. The highest BCUT2D eigenvalue weighted by atomic mass is 16.7. The second-order valence-corrected chi connectivity index (χ2v) is 2.79. The average Bonchev–Trinajstić information content (AvgIpc) is 2.34. The maximum Gasteiger partial charge on any atom is 0.441 e. The number of carbonyl (C=O) groups excluding carboxylic acids is 2. The normalized spacial score (nSPS) is 9.00. The summed E-state index contributed by atoms with van der Waals surface area (Å²) in [6, 6.07) is 9.13. The summed E-state index contributed by atoms with van der Waals surface area (Å²) < 4.78 is 4.76. The van der Waals surface area contributed by atoms with E-state index in [0.29, 0.717) is 0 Å². The topological polar surface area (TPSA) is 64.6 Å². The zero-order valence-electron chi connectivity index (χ0n) is 8.51. The molecule has 1 aromatic carbocycles. The SMILES string of the molecule is C=CC(=O)ONC(=O)OCc1ccccc1. The van der Waals surface area contributed by atoms with Crippen molar-refractivity contribution in [1.82, 2.24) is 5.48 Å². The third-order valence-corrected chi connectivity index (χ3v) is 1.61. The number of hydroxylamine groups is 1. The van der Waals surface area contributed by atoms with Crippen LogP contribution in [0, 0.1) is 0 Å². The number of nitrogens with one attached hydrogen (secondary N) is 1. The molecular weight excluding hydrogens is 210 g/mol. The van der Waals surface area contributed by atoms with Crippen LogP contribution in [-0.2, 0) is 21.0 Å². The number of carbonyl (C=O) groups is 2. The summed E-state index contributed by atoms with van der Waals surface area (Å²) in [5.74, 6) is -0.753. The van der Waals surface area contributed by atoms with Gasteiger partial charge in [0.25, 0.3) is 0 Å². The van der Waals surface area contributed by atoms with E-state index in [0.717, 1.165) is 11.6 Å². The molecule has 0 bridgehead atoms. The molecule has 84 valence electrons. The lowest BCUT2D eigenvalue weighted by molar-refractivity contribution is -0.143. The van der Waals surface area contributed by atoms with Gasteiger partial charge in [-0.3, -0.25) is 0 Å². The molecule has 0 saturated carbocycles. The van der Waals surface area contributed by atoms with Crippen LogP contribution in [0.2, 0.25) is 0 Å². The Morgan fingerprint density at radius 3 is 2.62 bits per heavy atom. The molecule has 0 spiro atoms. The number of ether oxygens (including phenoxy) is 1. The van der Waals surface area contributed by atoms with Gasteiger partial charge in [0.15, 0.2) is 0 Å². The molecule has 5 nitrogen and oxygen atoms in total. The molecule has 0 fully saturated rings. The van der Waals surface area contributed by atoms with Crippen LogP contribution in [-0.4, -0.2) is 12.1 Å². The number of hydrogen-bond acceptors (Lipinski definition) is 4. The van der Waals surface area contributed by atoms with Crippen molar-refractivity contribution in [2.45, 2.75) is 6.61 Å². The Morgan fingerprint density at radius 1 is 1.31 bits per heavy atom. The molecule has 0 heterocycles. The molecule has 0 saturated heterocycles. The standard InChI is InChI=1S/C11H11NO4/c1-2-10(13)16-12-11(14)15-8-9-6-4-3-5-7-9/h2-7H,1,8H2,(H,12,14). The molecule has 0 atom stereocenters. The predicted molar refractivity (Wildman–Crippen MR) is 56.1 cm³/mol. The van der Waals surface area contributed by atoms with Gasteiger partial charge >= 0.3 is 12.1 Å². The first kappa shape index (κ1) is 11.8. The molecule has 0 aliphatic carbocycles. The van der Waals surface area contributed by atoms with Crippen molar-refractivity contribution in [3.05, 3.63) is 48.6 Å². The van der Waals surface area contributed by atoms with E-state index in [2.05, 4.69) is 11.4 Å². The first-order valence-electron chi connectivity index (χ1n) is 4.52. The van der Waals surface area contributed by atoms with Gasteiger partial charge in [-0.25, -0.2) is 9.59 Å². The fraction of sp³-hybridized carbons (Fsp3) is 0.0909. The van der Waals surface area contributed by atoms with Gasteiger partial charge in [0, 0.05) is 6.08 Å². The Hall–Kier alpha value is -2.30. The van der Waals surface area contributed by atoms with Crippen molar-refractivity contribution in [2.24, 2.45) is 0 Å². The zero-order valence-corrected chi connectivity index (χ0v) is 8.51. The quantitative estimate of drug-likeness (QED) is 0.621. The summed E-state index contributed by atoms with van der Waals surface area (Å²) in [4.78, 5) is 25.8. The summed E-state index contributed by atoms with van der Waals surface area (Å²) in [6.07, 6.45) is 0.0938. The fourth-order valence-electron chi connectivity index (χ4n) is 0.886. The first-order chi connectivity index (χ1) is 7.72. The van der Waals surface area contributed by atoms with Crippen LogP contribution >= 0.6 is 0 Å². The van der Waals surface area contributed by atoms with Gasteiger partial charge in [-0.1, -0.05) is 36.9 Å². The van der Waals surface area contributed by atoms with E-state index < -0.39 is 12.1 Å². The molecule has 5 heteroatoms. The van der Waals surface area contributed by atoms with Crippen molar-refractivity contribution in [1.29, 1.82) is 0 Å². The van der Waals surface area contributed by atoms with E-state index in [1.807, 2.05) is 35.8 Å². The van der Waals surface area contributed by atoms with Gasteiger partial charge in [0.05, 0.1) is 0 Å². The third kappa shape index (κ3) is 4.28. The highest BCUT2D eigenvalue weighted by molar-refractivity contribution is 5.82. The Balaban J connectivity index is 2.25. The van der Waals surface area contributed by atoms with Gasteiger partial charge in [-0.05, 0) is 5.56 Å². The second kappa shape index (κ2) is 6.23. The number of hydrogen-bond donors (Lipinski definition) is 1. The van der Waals surface area contributed by atoms with Gasteiger partial charge < -0.3 is 9.57 Å². The molecule has 1 N–H and O–H groups in total. The summed E-state index contributed by atoms with van der Waals surface area (Å²) in [5, 5.41) is 0. The maximum atomic E-state index is 11.0. The number of benzene rings is 1. The van der Waals surface area contributed by atoms with Gasteiger partial charge in [-0.2, -0.15) is 0 Å². The van der Waals surface area contributed by atoms with Crippen LogP contribution in [0.5, 0.6) is 0 Å². The molecule has 1 rings (SSSR count). The van der Waals surface area contributed by atoms with E-state index >= 15 is 0 Å². The van der Waals surface area contributed by atoms with Crippen molar-refractivity contribution in [3.63, 3.8) is 0 Å². The number of amides is 1. The minimum atomic E-state index is -0.834. The van der Waals surface area contributed by atoms with E-state index in [4.69, 9.17) is 4.74 Å². The van der Waals surface area contributed by atoms with Crippen LogP contribution in [0.4, 0.5) is 4.79 Å². The largest absolute Gasteiger partial charge is 0.443 e. The van der Waals surface area contributed by atoms with Crippen LogP contribution in [0.1, 0.15) is 5.56 Å². The Kier molecular flexibility index (Phi) is 4.59. The van der Waals surface area contributed by atoms with Crippen molar-refractivity contribution in [3.8, 4) is 0 Å². The average molecular weight is 221 g/mol.